The van der Waals surface area contributed by atoms with E-state index in [0.717, 1.165) is 20.3 Å². The Kier molecular flexibility index (Phi) is 28.2. The van der Waals surface area contributed by atoms with Crippen LogP contribution < -0.4 is 20.7 Å². The highest BCUT2D eigenvalue weighted by molar-refractivity contribution is 5.99. The van der Waals surface area contributed by atoms with Gasteiger partial charge < -0.3 is 64.7 Å². The Morgan fingerprint density at radius 1 is 0.611 bits per heavy atom. The van der Waals surface area contributed by atoms with Gasteiger partial charge in [0.15, 0.2) is 12.7 Å². The summed E-state index contributed by atoms with van der Waals surface area (Å²) in [4.78, 5) is 178. The molecule has 0 radical (unpaired) electrons. The van der Waals surface area contributed by atoms with Crippen LogP contribution >= 0.6 is 0 Å². The highest BCUT2D eigenvalue weighted by atomic mass is 16.6. The van der Waals surface area contributed by atoms with Crippen LogP contribution in [0.4, 0.5) is 0 Å². The highest BCUT2D eigenvalue weighted by Gasteiger charge is 2.46. The first kappa shape index (κ1) is 74.3. The maximum Gasteiger partial charge on any atom is 0.344 e. The summed E-state index contributed by atoms with van der Waals surface area (Å²) in [5.41, 5.74) is 1.27. The number of carbonyl (C=O) groups excluding carboxylic acids is 11. The molecule has 0 unspecified atom stereocenters. The Balaban J connectivity index is 1.82. The number of ether oxygens (including phenoxy) is 3. The minimum Gasteiger partial charge on any atom is -0.482 e. The third-order valence-corrected chi connectivity index (χ3v) is 17.2. The largest absolute Gasteiger partial charge is 0.482 e. The molecule has 4 N–H and O–H groups in total. The van der Waals surface area contributed by atoms with Gasteiger partial charge >= 0.3 is 17.9 Å². The third-order valence-electron chi connectivity index (χ3n) is 17.2. The van der Waals surface area contributed by atoms with Crippen LogP contribution in [0.5, 0.6) is 5.75 Å². The van der Waals surface area contributed by atoms with Crippen molar-refractivity contribution < 1.29 is 76.9 Å². The summed E-state index contributed by atoms with van der Waals surface area (Å²) in [5, 5.41) is 18.4. The first-order valence-electron chi connectivity index (χ1n) is 31.1. The van der Waals surface area contributed by atoms with E-state index in [1.165, 1.54) is 56.9 Å². The highest BCUT2D eigenvalue weighted by Crippen LogP contribution is 2.27. The lowest BCUT2D eigenvalue weighted by atomic mass is 9.92. The van der Waals surface area contributed by atoms with Crippen molar-refractivity contribution in [3.05, 3.63) is 65.7 Å². The van der Waals surface area contributed by atoms with E-state index in [4.69, 9.17) is 14.2 Å². The number of carbonyl (C=O) groups is 12. The van der Waals surface area contributed by atoms with Gasteiger partial charge in [-0.05, 0) is 79.0 Å². The van der Waals surface area contributed by atoms with Crippen molar-refractivity contribution in [2.75, 3.05) is 54.9 Å². The number of amides is 9. The maximum absolute atomic E-state index is 15.0. The Bertz CT molecular complexity index is 2850. The molecule has 2 aromatic rings. The summed E-state index contributed by atoms with van der Waals surface area (Å²) in [6.45, 7) is 17.4. The first-order valence-corrected chi connectivity index (χ1v) is 31.1. The van der Waals surface area contributed by atoms with Crippen LogP contribution in [0.2, 0.25) is 0 Å². The number of nitrogens with zero attached hydrogens (tertiary/aromatic N) is 6. The average Bonchev–Trinajstić information content (AvgIpc) is 2.43. The van der Waals surface area contributed by atoms with Crippen LogP contribution in [0.1, 0.15) is 126 Å². The molecule has 0 saturated carbocycles. The van der Waals surface area contributed by atoms with E-state index in [2.05, 4.69) is 16.0 Å². The molecule has 90 heavy (non-hydrogen) atoms. The van der Waals surface area contributed by atoms with Crippen molar-refractivity contribution in [3.63, 3.8) is 0 Å². The van der Waals surface area contributed by atoms with Gasteiger partial charge in [0.1, 0.15) is 60.7 Å². The van der Waals surface area contributed by atoms with Crippen LogP contribution in [0.15, 0.2) is 54.6 Å². The van der Waals surface area contributed by atoms with Gasteiger partial charge in [-0.1, -0.05) is 125 Å². The van der Waals surface area contributed by atoms with E-state index >= 15 is 0 Å². The van der Waals surface area contributed by atoms with Gasteiger partial charge in [0, 0.05) is 48.2 Å². The normalized spacial score (nSPS) is 24.9. The molecule has 2 aliphatic rings. The molecule has 0 bridgehead atoms. The Hall–Kier alpha value is -8.12. The molecular formula is C65H97N9O16. The zero-order chi connectivity index (χ0) is 67.6. The average molecular weight is 1260 g/mol. The van der Waals surface area contributed by atoms with Crippen molar-refractivity contribution in [3.8, 4) is 5.75 Å². The molecule has 2 aliphatic heterocycles. The summed E-state index contributed by atoms with van der Waals surface area (Å²) in [6.07, 6.45) is -0.787. The predicted molar refractivity (Wildman–Crippen MR) is 332 cm³/mol. The Morgan fingerprint density at radius 2 is 1.17 bits per heavy atom. The van der Waals surface area contributed by atoms with E-state index in [0.29, 0.717) is 31.2 Å². The molecule has 4 rings (SSSR count). The fourth-order valence-electron chi connectivity index (χ4n) is 11.5. The number of likely N-dealkylation sites (N-methyl/N-ethyl adjacent to an activating group) is 5. The SMILES string of the molecule is CC[C@H](C)[C@H]1C(=O)NCC(=O)N(C)[C@@H](C(C)C)C(=O)N[C@@H](Cc2ccc(OCC(=O)OCc3ccccc3)cc2)C(=O)O[C@H](C)C(=O)N2CCCC[C@H]2C(=O)N(C)[C@@H](C(C)C)C(=O)N[C@@H](C(C)C)C(=O)N(C)[C@@H](CC(=O)O)C(=O)N(C)[C@@H]([C@@H](C)CC)C(=O)N1C. The number of cyclic esters (lactones) is 1. The molecular weight excluding hydrogens is 1160 g/mol. The van der Waals surface area contributed by atoms with Gasteiger partial charge in [-0.15, -0.1) is 0 Å². The summed E-state index contributed by atoms with van der Waals surface area (Å²) >= 11 is 0. The lowest BCUT2D eigenvalue weighted by Crippen LogP contribution is -2.63. The van der Waals surface area contributed by atoms with Crippen LogP contribution in [0.3, 0.4) is 0 Å². The molecule has 2 saturated heterocycles. The standard InChI is InChI=1S/C65H97N9O16/c1-17-40(9)55-57(79)66-34-49(75)70(13)53(38(5)6)58(80)67-46(32-43-27-29-45(30-28-43)88-36-51(78)89-35-44-24-20-19-21-25-44)65(87)90-42(11)60(82)74-31-23-22-26-47(74)61(83)71(14)54(39(7)8)59(81)68-52(37(3)4)63(85)69(12)48(33-50(76)77)62(84)73(16)56(41(10)18-2)64(86)72(55)15/h19-21,24-25,27-30,37-42,46-48,52-56H,17-18,22-23,26,31-36H2,1-16H3,(H,66,79)(H,67,80)(H,68,81)(H,76,77)/t40-,41-,42+,46-,47-,48-,52-,53-,54-,55-,56-/m0/s1. The zero-order valence-corrected chi connectivity index (χ0v) is 55.3. The molecule has 0 aromatic heterocycles. The van der Waals surface area contributed by atoms with Crippen molar-refractivity contribution in [1.29, 1.82) is 0 Å². The number of piperidine rings is 1. The fraction of sp³-hybridized carbons (Fsp3) is 0.631. The van der Waals surface area contributed by atoms with Crippen LogP contribution in [0.25, 0.3) is 0 Å². The van der Waals surface area contributed by atoms with E-state index in [-0.39, 0.29) is 31.7 Å². The number of carboxylic acids is 1. The van der Waals surface area contributed by atoms with Crippen LogP contribution in [0, 0.1) is 29.6 Å². The van der Waals surface area contributed by atoms with Gasteiger partial charge in [-0.2, -0.15) is 0 Å². The van der Waals surface area contributed by atoms with Crippen molar-refractivity contribution >= 4 is 71.1 Å². The molecule has 2 aromatic carbocycles. The summed E-state index contributed by atoms with van der Waals surface area (Å²) in [7, 11) is 6.68. The van der Waals surface area contributed by atoms with E-state index in [1.54, 1.807) is 93.5 Å². The monoisotopic (exact) mass is 1260 g/mol. The van der Waals surface area contributed by atoms with Crippen molar-refractivity contribution in [2.24, 2.45) is 29.6 Å². The molecule has 2 fully saturated rings. The van der Waals surface area contributed by atoms with E-state index in [9.17, 15) is 62.6 Å². The Labute approximate surface area is 529 Å². The van der Waals surface area contributed by atoms with Gasteiger partial charge in [-0.25, -0.2) is 9.59 Å². The summed E-state index contributed by atoms with van der Waals surface area (Å²) < 4.78 is 16.9. The number of fused-ring (bicyclic) bond motifs is 1. The number of esters is 2. The topological polar surface area (TPSA) is 308 Å². The van der Waals surface area contributed by atoms with Crippen molar-refractivity contribution in [1.82, 2.24) is 45.3 Å². The smallest absolute Gasteiger partial charge is 0.344 e. The van der Waals surface area contributed by atoms with Crippen LogP contribution in [-0.4, -0.2) is 215 Å². The number of aliphatic carboxylic acids is 1. The van der Waals surface area contributed by atoms with Gasteiger partial charge in [-0.3, -0.25) is 47.9 Å². The molecule has 25 heteroatoms. The molecule has 25 nitrogen and oxygen atoms in total. The number of hydrogen-bond donors (Lipinski definition) is 4. The maximum atomic E-state index is 15.0. The second-order valence-corrected chi connectivity index (χ2v) is 24.9. The fourth-order valence-corrected chi connectivity index (χ4v) is 11.5. The predicted octanol–water partition coefficient (Wildman–Crippen LogP) is 3.43. The van der Waals surface area contributed by atoms with Crippen molar-refractivity contribution in [2.45, 2.75) is 182 Å². The lowest BCUT2D eigenvalue weighted by molar-refractivity contribution is -0.165. The molecule has 0 spiro atoms. The quantitative estimate of drug-likeness (QED) is 0.175. The number of hydrogen-bond acceptors (Lipinski definition) is 15. The van der Waals surface area contributed by atoms with Gasteiger partial charge in [0.25, 0.3) is 5.91 Å². The minimum atomic E-state index is -1.71. The third kappa shape index (κ3) is 19.4. The van der Waals surface area contributed by atoms with Crippen LogP contribution in [-0.2, 0) is 80.0 Å². The molecule has 498 valence electrons. The number of carboxylic acid groups (broad SMARTS) is 1. The Morgan fingerprint density at radius 3 is 1.73 bits per heavy atom. The number of rotatable bonds is 16. The molecule has 0 aliphatic carbocycles. The molecule has 11 atom stereocenters. The molecule has 9 amide bonds. The zero-order valence-electron chi connectivity index (χ0n) is 55.3. The first-order chi connectivity index (χ1) is 42.3. The van der Waals surface area contributed by atoms with Gasteiger partial charge in [0.05, 0.1) is 13.0 Å². The van der Waals surface area contributed by atoms with Gasteiger partial charge in [0.2, 0.25) is 47.3 Å². The van der Waals surface area contributed by atoms with E-state index in [1.807, 2.05) is 30.3 Å². The second-order valence-electron chi connectivity index (χ2n) is 24.9. The van der Waals surface area contributed by atoms with E-state index < -0.39 is 175 Å². The lowest BCUT2D eigenvalue weighted by Gasteiger charge is -2.41. The minimum absolute atomic E-state index is 0.0491. The second kappa shape index (κ2) is 34.2. The summed E-state index contributed by atoms with van der Waals surface area (Å²) in [5.74, 6) is -12.7. The summed E-state index contributed by atoms with van der Waals surface area (Å²) in [6, 6.07) is 4.60. The number of nitrogens with one attached hydrogen (secondary N) is 3. The number of benzene rings is 2. The molecule has 2 heterocycles.